The maximum Gasteiger partial charge on any atom is 0.261 e. The van der Waals surface area contributed by atoms with E-state index in [2.05, 4.69) is 5.32 Å². The first-order valence-electron chi connectivity index (χ1n) is 10.2. The molecule has 0 aliphatic carbocycles. The fourth-order valence-electron chi connectivity index (χ4n) is 3.10. The lowest BCUT2D eigenvalue weighted by atomic mass is 10.1. The Morgan fingerprint density at radius 1 is 0.943 bits per heavy atom. The number of nitrogens with zero attached hydrogens (tertiary/aromatic N) is 1. The number of allylic oxidation sites excluding steroid dienone is 1. The van der Waals surface area contributed by atoms with E-state index in [-0.39, 0.29) is 23.6 Å². The highest BCUT2D eigenvalue weighted by atomic mass is 35.5. The molecule has 0 atom stereocenters. The van der Waals surface area contributed by atoms with Crippen molar-refractivity contribution in [3.63, 3.8) is 0 Å². The first-order chi connectivity index (χ1) is 16.6. The second-order valence-corrected chi connectivity index (χ2v) is 7.79. The normalized spacial score (nSPS) is 11.1. The van der Waals surface area contributed by atoms with Crippen molar-refractivity contribution in [2.45, 2.75) is 0 Å². The Kier molecular flexibility index (Phi) is 8.26. The van der Waals surface area contributed by atoms with Gasteiger partial charge in [-0.05, 0) is 48.0 Å². The van der Waals surface area contributed by atoms with Crippen LogP contribution in [0.2, 0.25) is 5.02 Å². The molecule has 3 aromatic carbocycles. The number of aliphatic hydroxyl groups is 1. The van der Waals surface area contributed by atoms with Gasteiger partial charge in [-0.25, -0.2) is 17.6 Å². The van der Waals surface area contributed by atoms with Gasteiger partial charge in [-0.2, -0.15) is 0 Å². The third kappa shape index (κ3) is 5.87. The fraction of sp³-hybridized carbons (Fsp3) is 0.120. The van der Waals surface area contributed by atoms with Gasteiger partial charge >= 0.3 is 0 Å². The first-order valence-corrected chi connectivity index (χ1v) is 10.6. The van der Waals surface area contributed by atoms with Crippen molar-refractivity contribution in [3.8, 4) is 0 Å². The predicted molar refractivity (Wildman–Crippen MR) is 126 cm³/mol. The SMILES string of the molecule is CN(CCO)c1ccc(/C=C/C(=O)c2ccc(NC(=O)c3c(F)c(F)c(Cl)c(F)c3F)cc2)cc1. The molecule has 0 bridgehead atoms. The minimum atomic E-state index is -1.92. The Labute approximate surface area is 203 Å². The molecule has 3 aromatic rings. The zero-order chi connectivity index (χ0) is 25.7. The van der Waals surface area contributed by atoms with Crippen molar-refractivity contribution in [2.24, 2.45) is 0 Å². The van der Waals surface area contributed by atoms with Gasteiger partial charge in [0.1, 0.15) is 10.6 Å². The third-order valence-electron chi connectivity index (χ3n) is 5.06. The van der Waals surface area contributed by atoms with Crippen molar-refractivity contribution >= 4 is 40.7 Å². The molecule has 0 saturated carbocycles. The summed E-state index contributed by atoms with van der Waals surface area (Å²) in [4.78, 5) is 26.5. The van der Waals surface area contributed by atoms with Gasteiger partial charge in [-0.15, -0.1) is 0 Å². The van der Waals surface area contributed by atoms with Crippen molar-refractivity contribution in [3.05, 3.63) is 99.6 Å². The Bertz CT molecular complexity index is 1250. The minimum absolute atomic E-state index is 0.0289. The molecule has 2 N–H and O–H groups in total. The molecule has 5 nitrogen and oxygen atoms in total. The summed E-state index contributed by atoms with van der Waals surface area (Å²) in [5.41, 5.74) is 0.520. The smallest absolute Gasteiger partial charge is 0.261 e. The van der Waals surface area contributed by atoms with E-state index in [0.29, 0.717) is 6.54 Å². The van der Waals surface area contributed by atoms with E-state index in [1.165, 1.54) is 30.3 Å². The number of anilines is 2. The van der Waals surface area contributed by atoms with Gasteiger partial charge in [0.05, 0.1) is 6.61 Å². The quantitative estimate of drug-likeness (QED) is 0.140. The van der Waals surface area contributed by atoms with Crippen LogP contribution in [-0.2, 0) is 0 Å². The van der Waals surface area contributed by atoms with E-state index in [9.17, 15) is 27.2 Å². The standard InChI is InChI=1S/C25H19ClF4N2O3/c1-32(12-13-33)17-9-2-14(3-10-17)4-11-18(34)15-5-7-16(8-6-15)31-25(35)19-21(27)23(29)20(26)24(30)22(19)28/h2-11,33H,12-13H2,1H3,(H,31,35)/b11-4+. The number of halogens is 5. The van der Waals surface area contributed by atoms with E-state index in [4.69, 9.17) is 16.7 Å². The summed E-state index contributed by atoms with van der Waals surface area (Å²) >= 11 is 5.16. The van der Waals surface area contributed by atoms with Crippen LogP contribution in [0.1, 0.15) is 26.3 Å². The number of carbonyl (C=O) groups excluding carboxylic acids is 2. The summed E-state index contributed by atoms with van der Waals surface area (Å²) in [5, 5.41) is 9.72. The first kappa shape index (κ1) is 25.9. The van der Waals surface area contributed by atoms with Crippen molar-refractivity contribution in [1.82, 2.24) is 0 Å². The number of nitrogens with one attached hydrogen (secondary N) is 1. The van der Waals surface area contributed by atoms with E-state index in [1.807, 2.05) is 36.2 Å². The highest BCUT2D eigenvalue weighted by Gasteiger charge is 2.28. The van der Waals surface area contributed by atoms with Crippen LogP contribution in [0.4, 0.5) is 28.9 Å². The molecule has 0 unspecified atom stereocenters. The molecular weight excluding hydrogens is 488 g/mol. The van der Waals surface area contributed by atoms with Crippen LogP contribution in [0, 0.1) is 23.3 Å². The molecular formula is C25H19ClF4N2O3. The molecule has 10 heteroatoms. The Hall–Kier alpha value is -3.69. The van der Waals surface area contributed by atoms with Gasteiger partial charge in [-0.1, -0.05) is 29.8 Å². The molecule has 3 rings (SSSR count). The van der Waals surface area contributed by atoms with E-state index in [0.717, 1.165) is 11.3 Å². The molecule has 0 radical (unpaired) electrons. The van der Waals surface area contributed by atoms with Gasteiger partial charge in [0.25, 0.3) is 5.91 Å². The lowest BCUT2D eigenvalue weighted by molar-refractivity contribution is 0.101. The monoisotopic (exact) mass is 506 g/mol. The maximum absolute atomic E-state index is 14.0. The molecule has 35 heavy (non-hydrogen) atoms. The van der Waals surface area contributed by atoms with Gasteiger partial charge in [0.15, 0.2) is 29.1 Å². The van der Waals surface area contributed by atoms with Crippen LogP contribution in [-0.4, -0.2) is 37.0 Å². The molecule has 0 spiro atoms. The highest BCUT2D eigenvalue weighted by Crippen LogP contribution is 2.28. The van der Waals surface area contributed by atoms with Gasteiger partial charge < -0.3 is 15.3 Å². The van der Waals surface area contributed by atoms with Crippen LogP contribution >= 0.6 is 11.6 Å². The summed E-state index contributed by atoms with van der Waals surface area (Å²) in [7, 11) is 1.84. The molecule has 0 fully saturated rings. The van der Waals surface area contributed by atoms with Gasteiger partial charge in [0, 0.05) is 30.5 Å². The average molecular weight is 507 g/mol. The summed E-state index contributed by atoms with van der Waals surface area (Å²) in [6.07, 6.45) is 2.97. The highest BCUT2D eigenvalue weighted by molar-refractivity contribution is 6.31. The molecule has 0 heterocycles. The summed E-state index contributed by atoms with van der Waals surface area (Å²) in [6.45, 7) is 0.516. The molecule has 0 aliphatic rings. The maximum atomic E-state index is 14.0. The van der Waals surface area contributed by atoms with Crippen molar-refractivity contribution < 1.29 is 32.3 Å². The average Bonchev–Trinajstić information content (AvgIpc) is 2.86. The van der Waals surface area contributed by atoms with Gasteiger partial charge in [-0.3, -0.25) is 9.59 Å². The molecule has 0 saturated heterocycles. The lowest BCUT2D eigenvalue weighted by Gasteiger charge is -2.17. The number of likely N-dealkylation sites (N-methyl/N-ethyl adjacent to an activating group) is 1. The largest absolute Gasteiger partial charge is 0.395 e. The number of amides is 1. The van der Waals surface area contributed by atoms with E-state index < -0.39 is 39.8 Å². The number of carbonyl (C=O) groups is 2. The zero-order valence-electron chi connectivity index (χ0n) is 18.3. The molecule has 182 valence electrons. The van der Waals surface area contributed by atoms with Crippen LogP contribution < -0.4 is 10.2 Å². The summed E-state index contributed by atoms with van der Waals surface area (Å²) < 4.78 is 55.1. The molecule has 0 aliphatic heterocycles. The predicted octanol–water partition coefficient (Wildman–Crippen LogP) is 5.47. The van der Waals surface area contributed by atoms with Crippen molar-refractivity contribution in [2.75, 3.05) is 30.4 Å². The number of ketones is 1. The minimum Gasteiger partial charge on any atom is -0.395 e. The number of benzene rings is 3. The third-order valence-corrected chi connectivity index (χ3v) is 5.39. The summed E-state index contributed by atoms with van der Waals surface area (Å²) in [5.74, 6) is -9.37. The Morgan fingerprint density at radius 3 is 2.06 bits per heavy atom. The summed E-state index contributed by atoms with van der Waals surface area (Å²) in [6, 6.07) is 12.6. The second kappa shape index (κ2) is 11.2. The molecule has 1 amide bonds. The number of hydrogen-bond acceptors (Lipinski definition) is 4. The van der Waals surface area contributed by atoms with Crippen molar-refractivity contribution in [1.29, 1.82) is 0 Å². The number of aliphatic hydroxyl groups excluding tert-OH is 1. The topological polar surface area (TPSA) is 69.6 Å². The van der Waals surface area contributed by atoms with E-state index in [1.54, 1.807) is 6.08 Å². The Balaban J connectivity index is 1.68. The number of hydrogen-bond donors (Lipinski definition) is 2. The molecule has 0 aromatic heterocycles. The number of rotatable bonds is 8. The van der Waals surface area contributed by atoms with E-state index >= 15 is 0 Å². The second-order valence-electron chi connectivity index (χ2n) is 7.41. The van der Waals surface area contributed by atoms with Gasteiger partial charge in [0.2, 0.25) is 0 Å². The van der Waals surface area contributed by atoms with Crippen LogP contribution in [0.25, 0.3) is 6.08 Å². The van der Waals surface area contributed by atoms with Crippen LogP contribution in [0.3, 0.4) is 0 Å². The Morgan fingerprint density at radius 2 is 1.51 bits per heavy atom. The van der Waals surface area contributed by atoms with Crippen LogP contribution in [0.5, 0.6) is 0 Å². The zero-order valence-corrected chi connectivity index (χ0v) is 19.0. The fourth-order valence-corrected chi connectivity index (χ4v) is 3.27. The lowest BCUT2D eigenvalue weighted by Crippen LogP contribution is -2.20. The van der Waals surface area contributed by atoms with Crippen LogP contribution in [0.15, 0.2) is 54.6 Å².